The van der Waals surface area contributed by atoms with Crippen molar-refractivity contribution in [2.24, 2.45) is 0 Å². The minimum atomic E-state index is -2.80. The van der Waals surface area contributed by atoms with Gasteiger partial charge in [0.1, 0.15) is 13.2 Å². The van der Waals surface area contributed by atoms with Crippen molar-refractivity contribution in [3.8, 4) is 0 Å². The number of carbonyl (C=O) groups excluding carboxylic acids is 2. The molecule has 0 aliphatic carbocycles. The van der Waals surface area contributed by atoms with E-state index in [0.717, 1.165) is 11.1 Å². The number of esters is 2. The van der Waals surface area contributed by atoms with Gasteiger partial charge in [-0.3, -0.25) is 0 Å². The molecule has 0 aliphatic heterocycles. The van der Waals surface area contributed by atoms with Gasteiger partial charge in [0.15, 0.2) is 0 Å². The average Bonchev–Trinajstić information content (AvgIpc) is 2.70. The van der Waals surface area contributed by atoms with Crippen molar-refractivity contribution in [3.05, 3.63) is 71.8 Å². The molecule has 0 amide bonds. The normalized spacial score (nSPS) is 11.6. The molecule has 0 bridgehead atoms. The van der Waals surface area contributed by atoms with Gasteiger partial charge in [-0.05, 0) is 38.8 Å². The summed E-state index contributed by atoms with van der Waals surface area (Å²) in [4.78, 5) is 24.6. The molecule has 0 saturated heterocycles. The van der Waals surface area contributed by atoms with Gasteiger partial charge in [0.25, 0.3) is 0 Å². The van der Waals surface area contributed by atoms with Crippen molar-refractivity contribution in [1.82, 2.24) is 0 Å². The number of hydrogen-bond donors (Lipinski definition) is 0. The van der Waals surface area contributed by atoms with E-state index in [2.05, 4.69) is 0 Å². The van der Waals surface area contributed by atoms with Crippen molar-refractivity contribution in [2.75, 3.05) is 0 Å². The molecular weight excluding hydrogens is 407 g/mol. The van der Waals surface area contributed by atoms with Gasteiger partial charge >= 0.3 is 20.2 Å². The Balaban J connectivity index is 1.85. The molecule has 8 heteroatoms. The van der Waals surface area contributed by atoms with Crippen LogP contribution in [-0.4, -0.2) is 23.1 Å². The molecule has 0 saturated carbocycles. The molecule has 2 aromatic carbocycles. The van der Waals surface area contributed by atoms with Crippen LogP contribution in [0.2, 0.25) is 0 Å². The van der Waals surface area contributed by atoms with E-state index in [-0.39, 0.29) is 13.2 Å². The SMILES string of the molecule is CC(C)(O[P+](=O)OC(C)(C)C(=O)OCc1ccccc1)C(=O)OCc1ccccc1. The molecule has 0 aromatic heterocycles. The first-order valence-corrected chi connectivity index (χ1v) is 10.5. The van der Waals surface area contributed by atoms with Gasteiger partial charge in [0.05, 0.1) is 0 Å². The van der Waals surface area contributed by atoms with E-state index in [9.17, 15) is 14.2 Å². The summed E-state index contributed by atoms with van der Waals surface area (Å²) in [6.45, 7) is 5.77. The fourth-order valence-electron chi connectivity index (χ4n) is 2.26. The van der Waals surface area contributed by atoms with E-state index in [0.29, 0.717) is 0 Å². The number of rotatable bonds is 10. The van der Waals surface area contributed by atoms with Gasteiger partial charge in [-0.1, -0.05) is 60.7 Å². The Morgan fingerprint density at radius 2 is 1.03 bits per heavy atom. The molecule has 7 nitrogen and oxygen atoms in total. The second-order valence-electron chi connectivity index (χ2n) is 7.55. The summed E-state index contributed by atoms with van der Waals surface area (Å²) in [5.74, 6) is -1.41. The van der Waals surface area contributed by atoms with Crippen molar-refractivity contribution in [2.45, 2.75) is 52.1 Å². The van der Waals surface area contributed by atoms with Crippen LogP contribution in [0.1, 0.15) is 38.8 Å². The van der Waals surface area contributed by atoms with Crippen molar-refractivity contribution < 1.29 is 32.7 Å². The van der Waals surface area contributed by atoms with Crippen LogP contribution in [0.3, 0.4) is 0 Å². The highest BCUT2D eigenvalue weighted by Gasteiger charge is 2.47. The molecule has 2 rings (SSSR count). The highest BCUT2D eigenvalue weighted by Crippen LogP contribution is 2.37. The Kier molecular flexibility index (Phi) is 8.24. The number of carbonyl (C=O) groups is 2. The number of benzene rings is 2. The van der Waals surface area contributed by atoms with Gasteiger partial charge in [-0.15, -0.1) is 9.05 Å². The van der Waals surface area contributed by atoms with Crippen LogP contribution >= 0.6 is 8.25 Å². The van der Waals surface area contributed by atoms with Crippen LogP contribution in [0, 0.1) is 0 Å². The summed E-state index contributed by atoms with van der Waals surface area (Å²) in [5.41, 5.74) is -1.45. The van der Waals surface area contributed by atoms with Gasteiger partial charge in [-0.2, -0.15) is 0 Å². The van der Waals surface area contributed by atoms with E-state index in [4.69, 9.17) is 18.5 Å². The highest BCUT2D eigenvalue weighted by molar-refractivity contribution is 7.33. The lowest BCUT2D eigenvalue weighted by Crippen LogP contribution is -2.37. The number of ether oxygens (including phenoxy) is 2. The van der Waals surface area contributed by atoms with Gasteiger partial charge in [0.2, 0.25) is 11.2 Å². The zero-order valence-corrected chi connectivity index (χ0v) is 18.4. The third kappa shape index (κ3) is 7.34. The van der Waals surface area contributed by atoms with Crippen molar-refractivity contribution in [3.63, 3.8) is 0 Å². The molecule has 0 fully saturated rings. The Hall–Kier alpha value is -2.60. The first-order chi connectivity index (χ1) is 14.1. The molecule has 0 N–H and O–H groups in total. The topological polar surface area (TPSA) is 88.1 Å². The van der Waals surface area contributed by atoms with Crippen LogP contribution in [0.25, 0.3) is 0 Å². The summed E-state index contributed by atoms with van der Waals surface area (Å²) in [5, 5.41) is 0. The minimum Gasteiger partial charge on any atom is -0.459 e. The maximum absolute atomic E-state index is 12.3. The lowest BCUT2D eigenvalue weighted by atomic mass is 10.1. The van der Waals surface area contributed by atoms with E-state index < -0.39 is 31.4 Å². The van der Waals surface area contributed by atoms with Crippen LogP contribution in [0.5, 0.6) is 0 Å². The molecule has 0 aliphatic rings. The third-order valence-corrected chi connectivity index (χ3v) is 5.23. The molecule has 0 atom stereocenters. The average molecular weight is 433 g/mol. The fourth-order valence-corrected chi connectivity index (χ4v) is 3.19. The largest absolute Gasteiger partial charge is 0.699 e. The predicted octanol–water partition coefficient (Wildman–Crippen LogP) is 4.72. The molecule has 2 aromatic rings. The smallest absolute Gasteiger partial charge is 0.459 e. The third-order valence-electron chi connectivity index (χ3n) is 4.01. The maximum Gasteiger partial charge on any atom is 0.699 e. The molecule has 0 radical (unpaired) electrons. The Morgan fingerprint density at radius 1 is 0.700 bits per heavy atom. The lowest BCUT2D eigenvalue weighted by molar-refractivity contribution is -0.164. The summed E-state index contributed by atoms with van der Waals surface area (Å²) >= 11 is 0. The molecule has 0 unspecified atom stereocenters. The zero-order chi connectivity index (χ0) is 22.2. The van der Waals surface area contributed by atoms with Crippen molar-refractivity contribution >= 4 is 20.2 Å². The van der Waals surface area contributed by atoms with Gasteiger partial charge < -0.3 is 9.47 Å². The summed E-state index contributed by atoms with van der Waals surface area (Å²) in [6.07, 6.45) is 0. The van der Waals surface area contributed by atoms with E-state index in [1.165, 1.54) is 27.7 Å². The first kappa shape index (κ1) is 23.7. The summed E-state index contributed by atoms with van der Waals surface area (Å²) in [6, 6.07) is 18.3. The summed E-state index contributed by atoms with van der Waals surface area (Å²) in [7, 11) is -2.80. The zero-order valence-electron chi connectivity index (χ0n) is 17.5. The van der Waals surface area contributed by atoms with Gasteiger partial charge in [0, 0.05) is 4.57 Å². The van der Waals surface area contributed by atoms with Crippen LogP contribution in [-0.2, 0) is 45.9 Å². The van der Waals surface area contributed by atoms with Gasteiger partial charge in [-0.25, -0.2) is 9.59 Å². The number of hydrogen-bond acceptors (Lipinski definition) is 7. The predicted molar refractivity (Wildman–Crippen MR) is 110 cm³/mol. The molecular formula is C22H26O7P+. The lowest BCUT2D eigenvalue weighted by Gasteiger charge is -2.19. The minimum absolute atomic E-state index is 0.0570. The maximum atomic E-state index is 12.3. The molecule has 30 heavy (non-hydrogen) atoms. The van der Waals surface area contributed by atoms with Crippen LogP contribution < -0.4 is 0 Å². The molecule has 0 spiro atoms. The van der Waals surface area contributed by atoms with E-state index in [1.54, 1.807) is 0 Å². The Bertz CT molecular complexity index is 792. The second kappa shape index (κ2) is 10.4. The molecule has 160 valence electrons. The highest BCUT2D eigenvalue weighted by atomic mass is 31.1. The van der Waals surface area contributed by atoms with Crippen molar-refractivity contribution in [1.29, 1.82) is 0 Å². The fraction of sp³-hybridized carbons (Fsp3) is 0.364. The molecule has 0 heterocycles. The van der Waals surface area contributed by atoms with E-state index in [1.807, 2.05) is 60.7 Å². The first-order valence-electron chi connectivity index (χ1n) is 9.38. The quantitative estimate of drug-likeness (QED) is 0.396. The standard InChI is InChI=1S/C22H26O7P/c1-21(2,19(23)26-15-17-11-7-5-8-12-17)28-30(25)29-22(3,4)20(24)27-16-18-13-9-6-10-14-18/h5-14H,15-16H2,1-4H3/q+1. The summed E-state index contributed by atoms with van der Waals surface area (Å²) < 4.78 is 33.2. The second-order valence-corrected chi connectivity index (χ2v) is 8.36. The Morgan fingerprint density at radius 3 is 1.37 bits per heavy atom. The van der Waals surface area contributed by atoms with E-state index >= 15 is 0 Å². The monoisotopic (exact) mass is 433 g/mol. The Labute approximate surface area is 177 Å². The van der Waals surface area contributed by atoms with Crippen LogP contribution in [0.4, 0.5) is 0 Å². The van der Waals surface area contributed by atoms with Crippen LogP contribution in [0.15, 0.2) is 60.7 Å².